The largest absolute Gasteiger partial charge is 0.399 e. The standard InChI is InChI=1S/C11H16BrFN2O3S/c1-2-15(4-3-5-16)19(17,18)10-7-8(14)6-9(12)11(10)13/h6-7,16H,2-5,14H2,1H3. The van der Waals surface area contributed by atoms with E-state index in [1.807, 2.05) is 0 Å². The van der Waals surface area contributed by atoms with Gasteiger partial charge in [-0.1, -0.05) is 6.92 Å². The van der Waals surface area contributed by atoms with Gasteiger partial charge in [-0.3, -0.25) is 0 Å². The van der Waals surface area contributed by atoms with Crippen LogP contribution < -0.4 is 5.73 Å². The molecule has 3 N–H and O–H groups in total. The highest BCUT2D eigenvalue weighted by Gasteiger charge is 2.27. The molecule has 1 rings (SSSR count). The van der Waals surface area contributed by atoms with Crippen molar-refractivity contribution in [3.8, 4) is 0 Å². The number of hydrogen-bond acceptors (Lipinski definition) is 4. The second-order valence-corrected chi connectivity index (χ2v) is 6.65. The molecular formula is C11H16BrFN2O3S. The first kappa shape index (κ1) is 16.4. The van der Waals surface area contributed by atoms with Crippen molar-refractivity contribution in [2.45, 2.75) is 18.2 Å². The summed E-state index contributed by atoms with van der Waals surface area (Å²) in [6, 6.07) is 2.40. The van der Waals surface area contributed by atoms with E-state index in [1.54, 1.807) is 6.92 Å². The molecule has 0 unspecified atom stereocenters. The second-order valence-electron chi connectivity index (χ2n) is 3.89. The highest BCUT2D eigenvalue weighted by atomic mass is 79.9. The second kappa shape index (κ2) is 6.65. The number of anilines is 1. The topological polar surface area (TPSA) is 83.6 Å². The van der Waals surface area contributed by atoms with Gasteiger partial charge in [-0.15, -0.1) is 0 Å². The molecule has 1 aromatic rings. The zero-order chi connectivity index (χ0) is 14.6. The van der Waals surface area contributed by atoms with E-state index >= 15 is 0 Å². The molecular weight excluding hydrogens is 339 g/mol. The van der Waals surface area contributed by atoms with E-state index < -0.39 is 20.7 Å². The summed E-state index contributed by atoms with van der Waals surface area (Å²) < 4.78 is 39.7. The van der Waals surface area contributed by atoms with Gasteiger partial charge in [0.15, 0.2) is 5.82 Å². The molecule has 0 amide bonds. The maximum absolute atomic E-state index is 13.9. The Hall–Kier alpha value is -0.700. The Labute approximate surface area is 120 Å². The molecule has 5 nitrogen and oxygen atoms in total. The summed E-state index contributed by atoms with van der Waals surface area (Å²) in [6.45, 7) is 1.83. The van der Waals surface area contributed by atoms with Crippen LogP contribution in [0.1, 0.15) is 13.3 Å². The highest BCUT2D eigenvalue weighted by Crippen LogP contribution is 2.28. The quantitative estimate of drug-likeness (QED) is 0.759. The molecule has 0 saturated heterocycles. The number of nitrogens with two attached hydrogens (primary N) is 1. The summed E-state index contributed by atoms with van der Waals surface area (Å²) in [6.07, 6.45) is 0.290. The van der Waals surface area contributed by atoms with Crippen molar-refractivity contribution in [3.05, 3.63) is 22.4 Å². The lowest BCUT2D eigenvalue weighted by Crippen LogP contribution is -2.33. The van der Waals surface area contributed by atoms with Crippen LogP contribution >= 0.6 is 15.9 Å². The summed E-state index contributed by atoms with van der Waals surface area (Å²) in [5.41, 5.74) is 5.70. The SMILES string of the molecule is CCN(CCCO)S(=O)(=O)c1cc(N)cc(Br)c1F. The van der Waals surface area contributed by atoms with Crippen molar-refractivity contribution in [1.29, 1.82) is 0 Å². The minimum Gasteiger partial charge on any atom is -0.399 e. The lowest BCUT2D eigenvalue weighted by molar-refractivity contribution is 0.271. The van der Waals surface area contributed by atoms with Crippen LogP contribution in [0, 0.1) is 5.82 Å². The molecule has 1 aromatic carbocycles. The van der Waals surface area contributed by atoms with Gasteiger partial charge >= 0.3 is 0 Å². The fourth-order valence-corrected chi connectivity index (χ4v) is 3.82. The highest BCUT2D eigenvalue weighted by molar-refractivity contribution is 9.10. The maximum Gasteiger partial charge on any atom is 0.246 e. The molecule has 0 fully saturated rings. The lowest BCUT2D eigenvalue weighted by atomic mass is 10.3. The van der Waals surface area contributed by atoms with E-state index in [9.17, 15) is 12.8 Å². The molecule has 0 bridgehead atoms. The van der Waals surface area contributed by atoms with Crippen LogP contribution in [0.25, 0.3) is 0 Å². The Bertz CT molecular complexity index is 551. The summed E-state index contributed by atoms with van der Waals surface area (Å²) >= 11 is 2.94. The van der Waals surface area contributed by atoms with Crippen molar-refractivity contribution in [2.75, 3.05) is 25.4 Å². The summed E-state index contributed by atoms with van der Waals surface area (Å²) in [5.74, 6) is -0.864. The first-order chi connectivity index (χ1) is 8.84. The molecule has 19 heavy (non-hydrogen) atoms. The van der Waals surface area contributed by atoms with E-state index in [0.29, 0.717) is 0 Å². The van der Waals surface area contributed by atoms with Crippen LogP contribution in [0.2, 0.25) is 0 Å². The van der Waals surface area contributed by atoms with Gasteiger partial charge < -0.3 is 10.8 Å². The van der Waals surface area contributed by atoms with Gasteiger partial charge in [-0.05, 0) is 34.5 Å². The van der Waals surface area contributed by atoms with E-state index in [4.69, 9.17) is 10.8 Å². The number of aliphatic hydroxyl groups excluding tert-OH is 1. The number of benzene rings is 1. The van der Waals surface area contributed by atoms with Gasteiger partial charge in [-0.25, -0.2) is 12.8 Å². The van der Waals surface area contributed by atoms with Gasteiger partial charge in [0.1, 0.15) is 4.90 Å². The van der Waals surface area contributed by atoms with Gasteiger partial charge in [0.05, 0.1) is 4.47 Å². The number of hydrogen-bond donors (Lipinski definition) is 2. The maximum atomic E-state index is 13.9. The molecule has 0 radical (unpaired) electrons. The van der Waals surface area contributed by atoms with Crippen LogP contribution in [0.15, 0.2) is 21.5 Å². The van der Waals surface area contributed by atoms with E-state index in [1.165, 1.54) is 6.07 Å². The summed E-state index contributed by atoms with van der Waals surface area (Å²) in [5, 5.41) is 8.77. The third-order valence-corrected chi connectivity index (χ3v) is 5.10. The van der Waals surface area contributed by atoms with Crippen LogP contribution in [0.3, 0.4) is 0 Å². The first-order valence-electron chi connectivity index (χ1n) is 5.70. The van der Waals surface area contributed by atoms with Crippen LogP contribution in [0.4, 0.5) is 10.1 Å². The van der Waals surface area contributed by atoms with Gasteiger partial charge in [0.25, 0.3) is 0 Å². The Morgan fingerprint density at radius 1 is 1.47 bits per heavy atom. The molecule has 108 valence electrons. The average molecular weight is 355 g/mol. The van der Waals surface area contributed by atoms with Crippen molar-refractivity contribution >= 4 is 31.6 Å². The van der Waals surface area contributed by atoms with Crippen LogP contribution in [0.5, 0.6) is 0 Å². The number of halogens is 2. The predicted molar refractivity (Wildman–Crippen MR) is 74.6 cm³/mol. The van der Waals surface area contributed by atoms with Gasteiger partial charge in [-0.2, -0.15) is 4.31 Å². The van der Waals surface area contributed by atoms with Crippen LogP contribution in [-0.4, -0.2) is 37.5 Å². The zero-order valence-electron chi connectivity index (χ0n) is 10.4. The first-order valence-corrected chi connectivity index (χ1v) is 7.93. The Morgan fingerprint density at radius 2 is 2.11 bits per heavy atom. The molecule has 0 spiro atoms. The van der Waals surface area contributed by atoms with E-state index in [-0.39, 0.29) is 36.3 Å². The number of aliphatic hydroxyl groups is 1. The predicted octanol–water partition coefficient (Wildman–Crippen LogP) is 1.56. The molecule has 0 aliphatic rings. The Kier molecular flexibility index (Phi) is 5.72. The monoisotopic (exact) mass is 354 g/mol. The third kappa shape index (κ3) is 3.65. The van der Waals surface area contributed by atoms with Gasteiger partial charge in [0, 0.05) is 25.4 Å². The van der Waals surface area contributed by atoms with E-state index in [0.717, 1.165) is 10.4 Å². The van der Waals surface area contributed by atoms with Crippen molar-refractivity contribution < 1.29 is 17.9 Å². The lowest BCUT2D eigenvalue weighted by Gasteiger charge is -2.20. The molecule has 0 aliphatic heterocycles. The Morgan fingerprint density at radius 3 is 2.63 bits per heavy atom. The van der Waals surface area contributed by atoms with Crippen molar-refractivity contribution in [2.24, 2.45) is 0 Å². The van der Waals surface area contributed by atoms with Gasteiger partial charge in [0.2, 0.25) is 10.0 Å². The zero-order valence-corrected chi connectivity index (χ0v) is 12.8. The minimum atomic E-state index is -3.96. The third-order valence-electron chi connectivity index (χ3n) is 2.55. The summed E-state index contributed by atoms with van der Waals surface area (Å²) in [7, 11) is -3.96. The molecule has 0 heterocycles. The summed E-state index contributed by atoms with van der Waals surface area (Å²) in [4.78, 5) is -0.459. The number of nitrogens with zero attached hydrogens (tertiary/aromatic N) is 1. The Balaban J connectivity index is 3.25. The molecule has 0 aromatic heterocycles. The molecule has 0 aliphatic carbocycles. The number of sulfonamides is 1. The molecule has 8 heteroatoms. The smallest absolute Gasteiger partial charge is 0.246 e. The minimum absolute atomic E-state index is 0.00397. The van der Waals surface area contributed by atoms with E-state index in [2.05, 4.69) is 15.9 Å². The van der Waals surface area contributed by atoms with Crippen LogP contribution in [-0.2, 0) is 10.0 Å². The molecule has 0 atom stereocenters. The van der Waals surface area contributed by atoms with Crippen molar-refractivity contribution in [1.82, 2.24) is 4.31 Å². The average Bonchev–Trinajstić information content (AvgIpc) is 2.34. The molecule has 0 saturated carbocycles. The number of rotatable bonds is 6. The fraction of sp³-hybridized carbons (Fsp3) is 0.455. The fourth-order valence-electron chi connectivity index (χ4n) is 1.61. The van der Waals surface area contributed by atoms with Crippen molar-refractivity contribution in [3.63, 3.8) is 0 Å². The number of nitrogen functional groups attached to an aromatic ring is 1. The normalized spacial score (nSPS) is 12.1.